The Balaban J connectivity index is 1.71. The first-order valence-electron chi connectivity index (χ1n) is 10.7. The van der Waals surface area contributed by atoms with E-state index in [1.807, 2.05) is 72.8 Å². The summed E-state index contributed by atoms with van der Waals surface area (Å²) in [5, 5.41) is 11.2. The van der Waals surface area contributed by atoms with Gasteiger partial charge in [-0.05, 0) is 47.5 Å². The smallest absolute Gasteiger partial charge is 0.269 e. The standard InChI is InChI=1S/C27H21N3O3/c31-27-24-13-7-8-14-25(24)28(19-20-9-3-1-4-10-20)26(29(27)22-11-5-2-6-12-22)21-15-17-23(18-16-21)30(32)33/h1-18,26H,19H2/t26-/m0/s1. The van der Waals surface area contributed by atoms with E-state index in [2.05, 4.69) is 17.0 Å². The van der Waals surface area contributed by atoms with Gasteiger partial charge in [-0.2, -0.15) is 0 Å². The Hall–Kier alpha value is -4.45. The number of nitrogens with zero attached hydrogens (tertiary/aromatic N) is 3. The van der Waals surface area contributed by atoms with Crippen molar-refractivity contribution in [3.05, 3.63) is 136 Å². The second-order valence-electron chi connectivity index (χ2n) is 7.86. The molecule has 0 bridgehead atoms. The summed E-state index contributed by atoms with van der Waals surface area (Å²) in [5.41, 5.74) is 4.13. The normalized spacial score (nSPS) is 15.3. The number of fused-ring (bicyclic) bond motifs is 1. The van der Waals surface area contributed by atoms with Crippen molar-refractivity contribution < 1.29 is 9.72 Å². The van der Waals surface area contributed by atoms with Gasteiger partial charge in [-0.25, -0.2) is 0 Å². The highest BCUT2D eigenvalue weighted by molar-refractivity contribution is 6.12. The fourth-order valence-corrected chi connectivity index (χ4v) is 4.31. The predicted molar refractivity (Wildman–Crippen MR) is 128 cm³/mol. The lowest BCUT2D eigenvalue weighted by molar-refractivity contribution is -0.384. The van der Waals surface area contributed by atoms with Crippen molar-refractivity contribution in [2.24, 2.45) is 0 Å². The number of carbonyl (C=O) groups is 1. The number of nitro benzene ring substituents is 1. The first-order valence-corrected chi connectivity index (χ1v) is 10.7. The molecule has 5 rings (SSSR count). The number of hydrogen-bond donors (Lipinski definition) is 0. The van der Waals surface area contributed by atoms with Crippen LogP contribution in [-0.2, 0) is 6.54 Å². The lowest BCUT2D eigenvalue weighted by Gasteiger charge is -2.46. The molecular formula is C27H21N3O3. The molecule has 6 heteroatoms. The third kappa shape index (κ3) is 3.83. The van der Waals surface area contributed by atoms with Gasteiger partial charge in [0.15, 0.2) is 0 Å². The minimum absolute atomic E-state index is 0.0159. The lowest BCUT2D eigenvalue weighted by atomic mass is 9.99. The van der Waals surface area contributed by atoms with Crippen LogP contribution in [0.15, 0.2) is 109 Å². The van der Waals surface area contributed by atoms with Crippen LogP contribution in [0.1, 0.15) is 27.7 Å². The number of amides is 1. The van der Waals surface area contributed by atoms with Crippen LogP contribution in [0.2, 0.25) is 0 Å². The van der Waals surface area contributed by atoms with E-state index >= 15 is 0 Å². The molecule has 0 spiro atoms. The summed E-state index contributed by atoms with van der Waals surface area (Å²) in [7, 11) is 0. The number of carbonyl (C=O) groups excluding carboxylic acids is 1. The highest BCUT2D eigenvalue weighted by Crippen LogP contribution is 2.42. The van der Waals surface area contributed by atoms with Crippen molar-refractivity contribution in [3.63, 3.8) is 0 Å². The second kappa shape index (κ2) is 8.59. The summed E-state index contributed by atoms with van der Waals surface area (Å²) in [5.74, 6) is -0.107. The van der Waals surface area contributed by atoms with Gasteiger partial charge in [-0.3, -0.25) is 19.8 Å². The van der Waals surface area contributed by atoms with E-state index in [0.29, 0.717) is 12.1 Å². The van der Waals surface area contributed by atoms with Gasteiger partial charge >= 0.3 is 0 Å². The molecule has 0 saturated carbocycles. The summed E-state index contributed by atoms with van der Waals surface area (Å²) in [6.07, 6.45) is -0.476. The average molecular weight is 435 g/mol. The van der Waals surface area contributed by atoms with E-state index in [1.165, 1.54) is 12.1 Å². The minimum atomic E-state index is -0.476. The van der Waals surface area contributed by atoms with E-state index in [1.54, 1.807) is 17.0 Å². The van der Waals surface area contributed by atoms with Crippen LogP contribution in [0.5, 0.6) is 0 Å². The van der Waals surface area contributed by atoms with Crippen molar-refractivity contribution in [2.75, 3.05) is 9.80 Å². The number of hydrogen-bond acceptors (Lipinski definition) is 4. The topological polar surface area (TPSA) is 66.7 Å². The summed E-state index contributed by atoms with van der Waals surface area (Å²) in [4.78, 5) is 28.5. The van der Waals surface area contributed by atoms with Gasteiger partial charge < -0.3 is 4.90 Å². The molecule has 1 aliphatic heterocycles. The first kappa shape index (κ1) is 20.5. The van der Waals surface area contributed by atoms with E-state index < -0.39 is 11.1 Å². The van der Waals surface area contributed by atoms with Gasteiger partial charge in [0.2, 0.25) is 0 Å². The van der Waals surface area contributed by atoms with Crippen LogP contribution in [-0.4, -0.2) is 10.8 Å². The molecule has 0 saturated heterocycles. The molecule has 1 aliphatic rings. The Bertz CT molecular complexity index is 1290. The van der Waals surface area contributed by atoms with Crippen LogP contribution < -0.4 is 9.80 Å². The molecule has 4 aromatic rings. The molecule has 0 unspecified atom stereocenters. The molecule has 0 radical (unpaired) electrons. The van der Waals surface area contributed by atoms with E-state index in [9.17, 15) is 14.9 Å². The number of nitro groups is 1. The van der Waals surface area contributed by atoms with Crippen LogP contribution in [0.25, 0.3) is 0 Å². The molecular weight excluding hydrogens is 414 g/mol. The SMILES string of the molecule is O=C1c2ccccc2N(Cc2ccccc2)[C@H](c2ccc([N+](=O)[O-])cc2)N1c1ccccc1. The number of rotatable bonds is 5. The number of anilines is 2. The van der Waals surface area contributed by atoms with Gasteiger partial charge in [0, 0.05) is 24.4 Å². The molecule has 33 heavy (non-hydrogen) atoms. The summed E-state index contributed by atoms with van der Waals surface area (Å²) in [6, 6.07) is 33.6. The largest absolute Gasteiger partial charge is 0.342 e. The molecule has 0 fully saturated rings. The van der Waals surface area contributed by atoms with Crippen molar-refractivity contribution in [3.8, 4) is 0 Å². The molecule has 1 heterocycles. The predicted octanol–water partition coefficient (Wildman–Crippen LogP) is 5.96. The molecule has 0 aliphatic carbocycles. The van der Waals surface area contributed by atoms with E-state index in [-0.39, 0.29) is 11.6 Å². The fraction of sp³-hybridized carbons (Fsp3) is 0.0741. The Morgan fingerprint density at radius 1 is 0.758 bits per heavy atom. The summed E-state index contributed by atoms with van der Waals surface area (Å²) in [6.45, 7) is 0.566. The highest BCUT2D eigenvalue weighted by Gasteiger charge is 2.39. The number of para-hydroxylation sites is 2. The molecule has 0 aromatic heterocycles. The van der Waals surface area contributed by atoms with Gasteiger partial charge in [-0.15, -0.1) is 0 Å². The number of benzene rings is 4. The minimum Gasteiger partial charge on any atom is -0.342 e. The van der Waals surface area contributed by atoms with Gasteiger partial charge in [0.25, 0.3) is 11.6 Å². The molecule has 0 N–H and O–H groups in total. The first-order chi connectivity index (χ1) is 16.1. The van der Waals surface area contributed by atoms with Gasteiger partial charge in [0.05, 0.1) is 16.2 Å². The van der Waals surface area contributed by atoms with E-state index in [4.69, 9.17) is 0 Å². The third-order valence-corrected chi connectivity index (χ3v) is 5.83. The lowest BCUT2D eigenvalue weighted by Crippen LogP contribution is -2.49. The molecule has 162 valence electrons. The van der Waals surface area contributed by atoms with Crippen LogP contribution in [0.4, 0.5) is 17.1 Å². The Labute approximate surface area is 191 Å². The Morgan fingerprint density at radius 2 is 1.36 bits per heavy atom. The second-order valence-corrected chi connectivity index (χ2v) is 7.86. The Morgan fingerprint density at radius 3 is 2.03 bits per heavy atom. The summed E-state index contributed by atoms with van der Waals surface area (Å²) < 4.78 is 0. The van der Waals surface area contributed by atoms with Crippen molar-refractivity contribution >= 4 is 23.0 Å². The van der Waals surface area contributed by atoms with Crippen LogP contribution in [0, 0.1) is 10.1 Å². The zero-order valence-electron chi connectivity index (χ0n) is 17.7. The zero-order valence-corrected chi connectivity index (χ0v) is 17.7. The van der Waals surface area contributed by atoms with Crippen molar-refractivity contribution in [1.82, 2.24) is 0 Å². The maximum absolute atomic E-state index is 13.8. The molecule has 6 nitrogen and oxygen atoms in total. The van der Waals surface area contributed by atoms with Gasteiger partial charge in [0.1, 0.15) is 6.17 Å². The maximum Gasteiger partial charge on any atom is 0.269 e. The van der Waals surface area contributed by atoms with Crippen molar-refractivity contribution in [2.45, 2.75) is 12.7 Å². The average Bonchev–Trinajstić information content (AvgIpc) is 2.87. The van der Waals surface area contributed by atoms with Gasteiger partial charge in [-0.1, -0.05) is 60.7 Å². The number of non-ortho nitro benzene ring substituents is 1. The zero-order chi connectivity index (χ0) is 22.8. The summed E-state index contributed by atoms with van der Waals surface area (Å²) >= 11 is 0. The van der Waals surface area contributed by atoms with Crippen molar-refractivity contribution in [1.29, 1.82) is 0 Å². The van der Waals surface area contributed by atoms with Crippen LogP contribution >= 0.6 is 0 Å². The molecule has 4 aromatic carbocycles. The Kier molecular flexibility index (Phi) is 5.32. The monoisotopic (exact) mass is 435 g/mol. The fourth-order valence-electron chi connectivity index (χ4n) is 4.31. The quantitative estimate of drug-likeness (QED) is 0.287. The maximum atomic E-state index is 13.8. The third-order valence-electron chi connectivity index (χ3n) is 5.83. The molecule has 1 atom stereocenters. The van der Waals surface area contributed by atoms with E-state index in [0.717, 1.165) is 22.5 Å². The van der Waals surface area contributed by atoms with Crippen LogP contribution in [0.3, 0.4) is 0 Å². The molecule has 1 amide bonds. The highest BCUT2D eigenvalue weighted by atomic mass is 16.6.